The fourth-order valence-electron chi connectivity index (χ4n) is 3.77. The van der Waals surface area contributed by atoms with Crippen LogP contribution in [0.5, 0.6) is 5.75 Å². The average Bonchev–Trinajstić information content (AvgIpc) is 3.08. The molecule has 6 nitrogen and oxygen atoms in total. The Kier molecular flexibility index (Phi) is 6.11. The topological polar surface area (TPSA) is 61.1 Å². The van der Waals surface area contributed by atoms with E-state index >= 15 is 0 Å². The maximum absolute atomic E-state index is 13.4. The molecule has 4 rings (SSSR count). The van der Waals surface area contributed by atoms with E-state index in [1.807, 2.05) is 68.7 Å². The van der Waals surface area contributed by atoms with Crippen LogP contribution in [0.4, 0.5) is 0 Å². The van der Waals surface area contributed by atoms with E-state index in [1.54, 1.807) is 16.4 Å². The molecule has 1 N–H and O–H groups in total. The molecule has 2 aromatic heterocycles. The number of rotatable bonds is 7. The zero-order chi connectivity index (χ0) is 22.0. The second kappa shape index (κ2) is 8.96. The summed E-state index contributed by atoms with van der Waals surface area (Å²) in [6.45, 7) is 3.47. The molecule has 7 heteroatoms. The fraction of sp³-hybridized carbons (Fsp3) is 0.250. The maximum Gasteiger partial charge on any atom is 0.255 e. The van der Waals surface area contributed by atoms with Crippen LogP contribution in [0.1, 0.15) is 22.4 Å². The van der Waals surface area contributed by atoms with Gasteiger partial charge in [-0.05, 0) is 42.1 Å². The van der Waals surface area contributed by atoms with Gasteiger partial charge < -0.3 is 14.6 Å². The highest BCUT2D eigenvalue weighted by atomic mass is 35.5. The van der Waals surface area contributed by atoms with E-state index in [4.69, 9.17) is 16.3 Å². The van der Waals surface area contributed by atoms with Gasteiger partial charge in [-0.15, -0.1) is 0 Å². The zero-order valence-corrected chi connectivity index (χ0v) is 18.6. The SMILES string of the molecule is COc1ccc2cc(CNCc3cn(C)nc3C)c(=O)n(Cc3ccccc3Cl)c2c1. The first-order valence-corrected chi connectivity index (χ1v) is 10.5. The van der Waals surface area contributed by atoms with Crippen LogP contribution in [0.2, 0.25) is 5.02 Å². The Hall–Kier alpha value is -3.09. The van der Waals surface area contributed by atoms with Crippen molar-refractivity contribution in [2.24, 2.45) is 7.05 Å². The van der Waals surface area contributed by atoms with Crippen LogP contribution in [0.25, 0.3) is 10.9 Å². The first kappa shape index (κ1) is 21.2. The Bertz CT molecular complexity index is 1290. The van der Waals surface area contributed by atoms with Crippen molar-refractivity contribution in [2.75, 3.05) is 7.11 Å². The number of pyridine rings is 1. The lowest BCUT2D eigenvalue weighted by Crippen LogP contribution is -2.28. The van der Waals surface area contributed by atoms with Crippen molar-refractivity contribution in [3.63, 3.8) is 0 Å². The fourth-order valence-corrected chi connectivity index (χ4v) is 3.97. The lowest BCUT2D eigenvalue weighted by atomic mass is 10.1. The third-order valence-corrected chi connectivity index (χ3v) is 5.78. The molecule has 0 saturated heterocycles. The highest BCUT2D eigenvalue weighted by molar-refractivity contribution is 6.31. The first-order valence-electron chi connectivity index (χ1n) is 10.1. The molecule has 0 radical (unpaired) electrons. The molecule has 0 fully saturated rings. The van der Waals surface area contributed by atoms with Gasteiger partial charge in [-0.1, -0.05) is 29.8 Å². The van der Waals surface area contributed by atoms with Gasteiger partial charge >= 0.3 is 0 Å². The number of fused-ring (bicyclic) bond motifs is 1. The molecule has 0 unspecified atom stereocenters. The molecule has 0 saturated carbocycles. The van der Waals surface area contributed by atoms with Crippen molar-refractivity contribution < 1.29 is 4.74 Å². The van der Waals surface area contributed by atoms with Crippen LogP contribution in [-0.2, 0) is 26.7 Å². The molecule has 160 valence electrons. The summed E-state index contributed by atoms with van der Waals surface area (Å²) in [4.78, 5) is 13.4. The minimum absolute atomic E-state index is 0.0453. The number of methoxy groups -OCH3 is 1. The molecule has 0 aliphatic heterocycles. The third-order valence-electron chi connectivity index (χ3n) is 5.41. The molecule has 0 amide bonds. The number of hydrogen-bond donors (Lipinski definition) is 1. The number of hydrogen-bond acceptors (Lipinski definition) is 4. The van der Waals surface area contributed by atoms with E-state index < -0.39 is 0 Å². The molecule has 0 atom stereocenters. The Labute approximate surface area is 186 Å². The standard InChI is InChI=1S/C24H25ClN4O2/c1-16-20(14-28(2)27-16)13-26-12-19-10-17-8-9-21(31-3)11-23(17)29(24(19)30)15-18-6-4-5-7-22(18)25/h4-11,14,26H,12-13,15H2,1-3H3. The maximum atomic E-state index is 13.4. The third kappa shape index (κ3) is 4.50. The summed E-state index contributed by atoms with van der Waals surface area (Å²) in [7, 11) is 3.53. The summed E-state index contributed by atoms with van der Waals surface area (Å²) in [5, 5.41) is 9.37. The van der Waals surface area contributed by atoms with Crippen molar-refractivity contribution in [1.29, 1.82) is 0 Å². The van der Waals surface area contributed by atoms with Crippen LogP contribution in [-0.4, -0.2) is 21.5 Å². The molecule has 0 spiro atoms. The monoisotopic (exact) mass is 436 g/mol. The van der Waals surface area contributed by atoms with Gasteiger partial charge in [0.15, 0.2) is 0 Å². The van der Waals surface area contributed by atoms with Crippen LogP contribution in [0.15, 0.2) is 59.5 Å². The lowest BCUT2D eigenvalue weighted by molar-refractivity contribution is 0.415. The van der Waals surface area contributed by atoms with Crippen molar-refractivity contribution in [2.45, 2.75) is 26.6 Å². The molecule has 2 aromatic carbocycles. The van der Waals surface area contributed by atoms with Crippen LogP contribution in [0, 0.1) is 6.92 Å². The second-order valence-electron chi connectivity index (χ2n) is 7.59. The normalized spacial score (nSPS) is 11.2. The summed E-state index contributed by atoms with van der Waals surface area (Å²) in [5.41, 5.74) is 4.46. The Morgan fingerprint density at radius 1 is 1.06 bits per heavy atom. The van der Waals surface area contributed by atoms with Crippen LogP contribution >= 0.6 is 11.6 Å². The van der Waals surface area contributed by atoms with Gasteiger partial charge in [0.2, 0.25) is 0 Å². The van der Waals surface area contributed by atoms with E-state index in [2.05, 4.69) is 10.4 Å². The first-order chi connectivity index (χ1) is 15.0. The zero-order valence-electron chi connectivity index (χ0n) is 17.9. The summed E-state index contributed by atoms with van der Waals surface area (Å²) < 4.78 is 8.95. The van der Waals surface area contributed by atoms with Crippen molar-refractivity contribution in [1.82, 2.24) is 19.7 Å². The highest BCUT2D eigenvalue weighted by Crippen LogP contribution is 2.23. The summed E-state index contributed by atoms with van der Waals surface area (Å²) in [5.74, 6) is 0.706. The molecule has 4 aromatic rings. The molecular weight excluding hydrogens is 412 g/mol. The van der Waals surface area contributed by atoms with Gasteiger partial charge in [0, 0.05) is 48.5 Å². The second-order valence-corrected chi connectivity index (χ2v) is 8.00. The van der Waals surface area contributed by atoms with E-state index in [9.17, 15) is 4.79 Å². The Balaban J connectivity index is 1.70. The number of ether oxygens (including phenoxy) is 1. The molecular formula is C24H25ClN4O2. The number of aryl methyl sites for hydroxylation is 2. The molecule has 31 heavy (non-hydrogen) atoms. The summed E-state index contributed by atoms with van der Waals surface area (Å²) in [6.07, 6.45) is 1.99. The molecule has 0 aliphatic carbocycles. The van der Waals surface area contributed by atoms with Gasteiger partial charge in [-0.25, -0.2) is 0 Å². The van der Waals surface area contributed by atoms with Gasteiger partial charge in [-0.2, -0.15) is 5.10 Å². The minimum atomic E-state index is -0.0453. The predicted octanol–water partition coefficient (Wildman–Crippen LogP) is 4.04. The molecule has 0 aliphatic rings. The van der Waals surface area contributed by atoms with E-state index in [-0.39, 0.29) is 5.56 Å². The number of halogens is 1. The largest absolute Gasteiger partial charge is 0.497 e. The van der Waals surface area contributed by atoms with Crippen LogP contribution < -0.4 is 15.6 Å². The Morgan fingerprint density at radius 2 is 1.84 bits per heavy atom. The van der Waals surface area contributed by atoms with Gasteiger partial charge in [0.1, 0.15) is 5.75 Å². The van der Waals surface area contributed by atoms with Crippen molar-refractivity contribution >= 4 is 22.5 Å². The van der Waals surface area contributed by atoms with Gasteiger partial charge in [0.25, 0.3) is 5.56 Å². The van der Waals surface area contributed by atoms with E-state index in [0.717, 1.165) is 27.7 Å². The van der Waals surface area contributed by atoms with Gasteiger partial charge in [-0.3, -0.25) is 9.48 Å². The van der Waals surface area contributed by atoms with E-state index in [0.29, 0.717) is 36.0 Å². The minimum Gasteiger partial charge on any atom is -0.497 e. The Morgan fingerprint density at radius 3 is 2.55 bits per heavy atom. The smallest absolute Gasteiger partial charge is 0.255 e. The lowest BCUT2D eigenvalue weighted by Gasteiger charge is -2.15. The number of aromatic nitrogens is 3. The predicted molar refractivity (Wildman–Crippen MR) is 124 cm³/mol. The average molecular weight is 437 g/mol. The van der Waals surface area contributed by atoms with Crippen molar-refractivity contribution in [3.05, 3.63) is 92.5 Å². The number of benzene rings is 2. The van der Waals surface area contributed by atoms with E-state index in [1.165, 1.54) is 0 Å². The van der Waals surface area contributed by atoms with Gasteiger partial charge in [0.05, 0.1) is 24.9 Å². The number of nitrogens with one attached hydrogen (secondary N) is 1. The highest BCUT2D eigenvalue weighted by Gasteiger charge is 2.13. The summed E-state index contributed by atoms with van der Waals surface area (Å²) in [6, 6.07) is 15.3. The van der Waals surface area contributed by atoms with Crippen molar-refractivity contribution in [3.8, 4) is 5.75 Å². The van der Waals surface area contributed by atoms with Crippen LogP contribution in [0.3, 0.4) is 0 Å². The summed E-state index contributed by atoms with van der Waals surface area (Å²) >= 11 is 6.38. The molecule has 2 heterocycles. The molecule has 0 bridgehead atoms. The quantitative estimate of drug-likeness (QED) is 0.475. The number of nitrogens with zero attached hydrogens (tertiary/aromatic N) is 3.